The summed E-state index contributed by atoms with van der Waals surface area (Å²) >= 11 is 0. The number of anilines is 1. The van der Waals surface area contributed by atoms with Gasteiger partial charge in [0.1, 0.15) is 18.9 Å². The quantitative estimate of drug-likeness (QED) is 0.588. The summed E-state index contributed by atoms with van der Waals surface area (Å²) in [6.07, 6.45) is -3.50. The van der Waals surface area contributed by atoms with E-state index in [1.54, 1.807) is 6.92 Å². The number of benzene rings is 1. The van der Waals surface area contributed by atoms with Crippen molar-refractivity contribution >= 4 is 23.8 Å². The molecule has 2 aromatic rings. The van der Waals surface area contributed by atoms with Crippen molar-refractivity contribution in [3.05, 3.63) is 42.2 Å². The summed E-state index contributed by atoms with van der Waals surface area (Å²) in [7, 11) is 0. The Labute approximate surface area is 168 Å². The van der Waals surface area contributed by atoms with E-state index in [-0.39, 0.29) is 31.4 Å². The van der Waals surface area contributed by atoms with Crippen LogP contribution in [0.4, 0.5) is 19.1 Å². The topological polar surface area (TPSA) is 152 Å². The molecule has 10 nitrogen and oxygen atoms in total. The molecule has 1 atom stereocenters. The van der Waals surface area contributed by atoms with Gasteiger partial charge in [0.15, 0.2) is 0 Å². The summed E-state index contributed by atoms with van der Waals surface area (Å²) in [5.74, 6) is -4.07. The monoisotopic (exact) mass is 431 g/mol. The minimum absolute atomic E-state index is 0.0694. The van der Waals surface area contributed by atoms with E-state index in [0.717, 1.165) is 5.56 Å². The van der Waals surface area contributed by atoms with Crippen molar-refractivity contribution in [1.29, 1.82) is 0 Å². The van der Waals surface area contributed by atoms with Gasteiger partial charge >= 0.3 is 18.1 Å². The average molecular weight is 431 g/mol. The average Bonchev–Trinajstić information content (AvgIpc) is 3.06. The number of carboxylic acid groups (broad SMARTS) is 2. The summed E-state index contributed by atoms with van der Waals surface area (Å²) in [6.45, 7) is 1.93. The predicted molar refractivity (Wildman–Crippen MR) is 97.1 cm³/mol. The van der Waals surface area contributed by atoms with Crippen LogP contribution >= 0.6 is 0 Å². The number of nitrogens with two attached hydrogens (primary N) is 1. The molecule has 0 saturated carbocycles. The molecule has 0 aliphatic rings. The van der Waals surface area contributed by atoms with Gasteiger partial charge < -0.3 is 20.8 Å². The highest BCUT2D eigenvalue weighted by molar-refractivity contribution is 5.83. The molecule has 1 aromatic carbocycles. The molecule has 0 bridgehead atoms. The molecule has 0 radical (unpaired) electrons. The van der Waals surface area contributed by atoms with E-state index in [9.17, 15) is 27.9 Å². The lowest BCUT2D eigenvalue weighted by atomic mass is 10.0. The molecule has 1 unspecified atom stereocenters. The van der Waals surface area contributed by atoms with Crippen molar-refractivity contribution < 1.29 is 37.8 Å². The zero-order valence-electron chi connectivity index (χ0n) is 15.8. The fourth-order valence-corrected chi connectivity index (χ4v) is 2.35. The Morgan fingerprint density at radius 1 is 1.20 bits per heavy atom. The zero-order chi connectivity index (χ0) is 22.9. The van der Waals surface area contributed by atoms with Gasteiger partial charge in [-0.15, -0.1) is 5.10 Å². The van der Waals surface area contributed by atoms with Crippen molar-refractivity contribution in [3.8, 4) is 0 Å². The second-order valence-corrected chi connectivity index (χ2v) is 5.83. The van der Waals surface area contributed by atoms with Gasteiger partial charge in [0, 0.05) is 13.0 Å². The summed E-state index contributed by atoms with van der Waals surface area (Å²) < 4.78 is 33.0. The standard InChI is InChI=1S/C15H19N5O3.C2HF3O2/c1-2-20(13(21)9-19-10-17-15(16)18-19)12(14(22)23)8-11-6-4-3-5-7-11;3-2(4,5)1(6)7/h3-7,10,12H,2,8-9H2,1H3,(H2,16,18)(H,22,23);(H,6,7). The Morgan fingerprint density at radius 2 is 1.77 bits per heavy atom. The number of halogens is 3. The van der Waals surface area contributed by atoms with Crippen molar-refractivity contribution in [2.24, 2.45) is 0 Å². The first-order valence-electron chi connectivity index (χ1n) is 8.46. The number of carbonyl (C=O) groups is 3. The van der Waals surface area contributed by atoms with Crippen molar-refractivity contribution in [2.75, 3.05) is 12.3 Å². The smallest absolute Gasteiger partial charge is 0.480 e. The van der Waals surface area contributed by atoms with Crippen LogP contribution in [-0.2, 0) is 27.3 Å². The molecule has 0 spiro atoms. The van der Waals surface area contributed by atoms with Crippen LogP contribution in [0.3, 0.4) is 0 Å². The number of nitrogen functional groups attached to an aromatic ring is 1. The Bertz CT molecular complexity index is 857. The van der Waals surface area contributed by atoms with Gasteiger partial charge in [0.05, 0.1) is 0 Å². The third-order valence-corrected chi connectivity index (χ3v) is 3.69. The first-order valence-corrected chi connectivity index (χ1v) is 8.46. The molecule has 30 heavy (non-hydrogen) atoms. The van der Waals surface area contributed by atoms with Crippen molar-refractivity contribution in [2.45, 2.75) is 32.1 Å². The molecule has 1 aromatic heterocycles. The van der Waals surface area contributed by atoms with E-state index in [1.807, 2.05) is 30.3 Å². The van der Waals surface area contributed by atoms with Crippen LogP contribution in [0.1, 0.15) is 12.5 Å². The molecule has 4 N–H and O–H groups in total. The number of aliphatic carboxylic acids is 2. The van der Waals surface area contributed by atoms with Gasteiger partial charge in [-0.1, -0.05) is 30.3 Å². The van der Waals surface area contributed by atoms with Gasteiger partial charge in [-0.3, -0.25) is 4.79 Å². The van der Waals surface area contributed by atoms with Gasteiger partial charge in [-0.25, -0.2) is 19.3 Å². The van der Waals surface area contributed by atoms with Crippen LogP contribution in [0, 0.1) is 0 Å². The molecule has 1 heterocycles. The Balaban J connectivity index is 0.000000553. The number of carbonyl (C=O) groups excluding carboxylic acids is 1. The van der Waals surface area contributed by atoms with Crippen LogP contribution in [-0.4, -0.2) is 66.5 Å². The van der Waals surface area contributed by atoms with E-state index in [1.165, 1.54) is 15.9 Å². The lowest BCUT2D eigenvalue weighted by Crippen LogP contribution is -2.47. The van der Waals surface area contributed by atoms with E-state index in [2.05, 4.69) is 10.1 Å². The van der Waals surface area contributed by atoms with Crippen LogP contribution in [0.25, 0.3) is 0 Å². The number of hydrogen-bond donors (Lipinski definition) is 3. The maximum atomic E-state index is 12.4. The summed E-state index contributed by atoms with van der Waals surface area (Å²) in [6, 6.07) is 8.28. The number of likely N-dealkylation sites (N-methyl/N-ethyl adjacent to an activating group) is 1. The Morgan fingerprint density at radius 3 is 2.17 bits per heavy atom. The molecule has 0 aliphatic carbocycles. The second-order valence-electron chi connectivity index (χ2n) is 5.83. The fraction of sp³-hybridized carbons (Fsp3) is 0.353. The maximum absolute atomic E-state index is 12.4. The van der Waals surface area contributed by atoms with Gasteiger partial charge in [-0.05, 0) is 12.5 Å². The molecular formula is C17H20F3N5O5. The van der Waals surface area contributed by atoms with Gasteiger partial charge in [0.2, 0.25) is 11.9 Å². The van der Waals surface area contributed by atoms with Crippen molar-refractivity contribution in [3.63, 3.8) is 0 Å². The number of nitrogens with zero attached hydrogens (tertiary/aromatic N) is 4. The van der Waals surface area contributed by atoms with E-state index < -0.39 is 24.2 Å². The first-order chi connectivity index (χ1) is 14.0. The fourth-order valence-electron chi connectivity index (χ4n) is 2.35. The SMILES string of the molecule is CCN(C(=O)Cn1cnc(N)n1)C(Cc1ccccc1)C(=O)O.O=C(O)C(F)(F)F. The molecule has 13 heteroatoms. The second kappa shape index (κ2) is 10.8. The van der Waals surface area contributed by atoms with Crippen LogP contribution < -0.4 is 5.73 Å². The maximum Gasteiger partial charge on any atom is 0.490 e. The van der Waals surface area contributed by atoms with E-state index in [4.69, 9.17) is 15.6 Å². The molecule has 0 aliphatic heterocycles. The first kappa shape index (κ1) is 24.4. The molecule has 1 amide bonds. The third kappa shape index (κ3) is 7.77. The highest BCUT2D eigenvalue weighted by Gasteiger charge is 2.38. The Kier molecular flexibility index (Phi) is 8.77. The number of aromatic nitrogens is 3. The minimum atomic E-state index is -5.08. The Hall–Kier alpha value is -3.64. The van der Waals surface area contributed by atoms with Crippen LogP contribution in [0.5, 0.6) is 0 Å². The van der Waals surface area contributed by atoms with E-state index >= 15 is 0 Å². The molecule has 164 valence electrons. The lowest BCUT2D eigenvalue weighted by Gasteiger charge is -2.28. The normalized spacial score (nSPS) is 11.7. The number of hydrogen-bond acceptors (Lipinski definition) is 6. The molecule has 0 fully saturated rings. The zero-order valence-corrected chi connectivity index (χ0v) is 15.8. The summed E-state index contributed by atoms with van der Waals surface area (Å²) in [4.78, 5) is 38.0. The summed E-state index contributed by atoms with van der Waals surface area (Å²) in [5.41, 5.74) is 6.27. The number of rotatable bonds is 7. The number of carboxylic acids is 2. The van der Waals surface area contributed by atoms with E-state index in [0.29, 0.717) is 0 Å². The minimum Gasteiger partial charge on any atom is -0.480 e. The highest BCUT2D eigenvalue weighted by Crippen LogP contribution is 2.13. The van der Waals surface area contributed by atoms with Crippen LogP contribution in [0.2, 0.25) is 0 Å². The third-order valence-electron chi connectivity index (χ3n) is 3.69. The lowest BCUT2D eigenvalue weighted by molar-refractivity contribution is -0.192. The van der Waals surface area contributed by atoms with Crippen molar-refractivity contribution in [1.82, 2.24) is 19.7 Å². The predicted octanol–water partition coefficient (Wildman–Crippen LogP) is 1.04. The molecule has 2 rings (SSSR count). The van der Waals surface area contributed by atoms with Crippen LogP contribution in [0.15, 0.2) is 36.7 Å². The molecule has 0 saturated heterocycles. The van der Waals surface area contributed by atoms with Gasteiger partial charge in [-0.2, -0.15) is 13.2 Å². The highest BCUT2D eigenvalue weighted by atomic mass is 19.4. The summed E-state index contributed by atoms with van der Waals surface area (Å²) in [5, 5.41) is 20.5. The molecular weight excluding hydrogens is 411 g/mol. The number of amides is 1. The number of alkyl halides is 3. The van der Waals surface area contributed by atoms with Gasteiger partial charge in [0.25, 0.3) is 0 Å². The largest absolute Gasteiger partial charge is 0.490 e.